The van der Waals surface area contributed by atoms with Crippen molar-refractivity contribution >= 4 is 35.0 Å². The number of carbonyl (C=O) groups excluding carboxylic acids is 1. The SMILES string of the molecule is Cc1nc(-c2ccsc2)ccc1C(=O)NC1(C(=O)O)CCSCC1. The number of amides is 1. The predicted octanol–water partition coefficient (Wildman–Crippen LogP) is 3.20. The number of thioether (sulfide) groups is 1. The molecule has 0 bridgehead atoms. The molecular weight excluding hydrogens is 344 g/mol. The summed E-state index contributed by atoms with van der Waals surface area (Å²) in [6, 6.07) is 5.50. The first-order valence-corrected chi connectivity index (χ1v) is 9.75. The van der Waals surface area contributed by atoms with Crippen LogP contribution < -0.4 is 5.32 Å². The summed E-state index contributed by atoms with van der Waals surface area (Å²) in [5.41, 5.74) is 1.68. The molecular formula is C17H18N2O3S2. The molecule has 0 aromatic carbocycles. The van der Waals surface area contributed by atoms with Crippen molar-refractivity contribution in [2.45, 2.75) is 25.3 Å². The van der Waals surface area contributed by atoms with Crippen LogP contribution in [0.15, 0.2) is 29.0 Å². The number of nitrogens with zero attached hydrogens (tertiary/aromatic N) is 1. The van der Waals surface area contributed by atoms with Gasteiger partial charge in [0.25, 0.3) is 5.91 Å². The Morgan fingerprint density at radius 1 is 1.25 bits per heavy atom. The van der Waals surface area contributed by atoms with Crippen LogP contribution in [0.3, 0.4) is 0 Å². The van der Waals surface area contributed by atoms with Crippen LogP contribution in [0.1, 0.15) is 28.9 Å². The number of aliphatic carboxylic acids is 1. The van der Waals surface area contributed by atoms with Crippen molar-refractivity contribution in [2.75, 3.05) is 11.5 Å². The van der Waals surface area contributed by atoms with Gasteiger partial charge in [-0.1, -0.05) is 0 Å². The van der Waals surface area contributed by atoms with Gasteiger partial charge in [0.1, 0.15) is 5.54 Å². The van der Waals surface area contributed by atoms with Gasteiger partial charge in [-0.05, 0) is 54.9 Å². The van der Waals surface area contributed by atoms with Crippen LogP contribution in [0.25, 0.3) is 11.3 Å². The molecule has 0 atom stereocenters. The van der Waals surface area contributed by atoms with Crippen molar-refractivity contribution in [2.24, 2.45) is 0 Å². The van der Waals surface area contributed by atoms with Crippen LogP contribution in [0.4, 0.5) is 0 Å². The summed E-state index contributed by atoms with van der Waals surface area (Å²) in [5, 5.41) is 16.3. The first-order valence-electron chi connectivity index (χ1n) is 7.66. The topological polar surface area (TPSA) is 79.3 Å². The fraction of sp³-hybridized carbons (Fsp3) is 0.353. The van der Waals surface area contributed by atoms with E-state index < -0.39 is 11.5 Å². The third-order valence-corrected chi connectivity index (χ3v) is 5.92. The van der Waals surface area contributed by atoms with Crippen molar-refractivity contribution in [3.8, 4) is 11.3 Å². The van der Waals surface area contributed by atoms with Gasteiger partial charge in [0.15, 0.2) is 0 Å². The molecule has 3 rings (SSSR count). The van der Waals surface area contributed by atoms with Gasteiger partial charge < -0.3 is 10.4 Å². The Hall–Kier alpha value is -1.86. The fourth-order valence-electron chi connectivity index (χ4n) is 2.77. The molecule has 0 unspecified atom stereocenters. The number of carboxylic acid groups (broad SMARTS) is 1. The number of carbonyl (C=O) groups is 2. The number of hydrogen-bond acceptors (Lipinski definition) is 5. The molecule has 1 aliphatic rings. The average molecular weight is 362 g/mol. The van der Waals surface area contributed by atoms with E-state index in [0.717, 1.165) is 22.8 Å². The van der Waals surface area contributed by atoms with Gasteiger partial charge in [0.05, 0.1) is 17.0 Å². The third-order valence-electron chi connectivity index (χ3n) is 4.26. The van der Waals surface area contributed by atoms with Gasteiger partial charge in [-0.15, -0.1) is 0 Å². The summed E-state index contributed by atoms with van der Waals surface area (Å²) in [6.45, 7) is 1.77. The zero-order valence-electron chi connectivity index (χ0n) is 13.2. The number of nitrogens with one attached hydrogen (secondary N) is 1. The number of rotatable bonds is 4. The normalized spacial score (nSPS) is 16.5. The number of hydrogen-bond donors (Lipinski definition) is 2. The Balaban J connectivity index is 1.83. The summed E-state index contributed by atoms with van der Waals surface area (Å²) in [6.07, 6.45) is 0.885. The van der Waals surface area contributed by atoms with E-state index in [1.165, 1.54) is 0 Å². The number of pyridine rings is 1. The molecule has 3 heterocycles. The number of thiophene rings is 1. The van der Waals surface area contributed by atoms with E-state index in [1.807, 2.05) is 16.8 Å². The molecule has 2 aromatic rings. The van der Waals surface area contributed by atoms with Gasteiger partial charge in [0.2, 0.25) is 0 Å². The Kier molecular flexibility index (Phi) is 4.91. The Morgan fingerprint density at radius 3 is 2.58 bits per heavy atom. The van der Waals surface area contributed by atoms with E-state index in [9.17, 15) is 14.7 Å². The lowest BCUT2D eigenvalue weighted by Crippen LogP contribution is -2.56. The molecule has 5 nitrogen and oxygen atoms in total. The van der Waals surface area contributed by atoms with E-state index in [-0.39, 0.29) is 5.91 Å². The summed E-state index contributed by atoms with van der Waals surface area (Å²) >= 11 is 3.31. The largest absolute Gasteiger partial charge is 0.480 e. The van der Waals surface area contributed by atoms with Crippen molar-refractivity contribution in [3.63, 3.8) is 0 Å². The molecule has 0 spiro atoms. The molecule has 7 heteroatoms. The van der Waals surface area contributed by atoms with Gasteiger partial charge in [-0.25, -0.2) is 4.79 Å². The average Bonchev–Trinajstić information content (AvgIpc) is 3.09. The lowest BCUT2D eigenvalue weighted by Gasteiger charge is -2.33. The third kappa shape index (κ3) is 3.32. The van der Waals surface area contributed by atoms with Crippen molar-refractivity contribution in [1.29, 1.82) is 0 Å². The zero-order valence-corrected chi connectivity index (χ0v) is 14.9. The smallest absolute Gasteiger partial charge is 0.329 e. The minimum absolute atomic E-state index is 0.369. The van der Waals surface area contributed by atoms with E-state index >= 15 is 0 Å². The predicted molar refractivity (Wildman–Crippen MR) is 96.7 cm³/mol. The maximum atomic E-state index is 12.6. The van der Waals surface area contributed by atoms with Crippen LogP contribution in [0.2, 0.25) is 0 Å². The lowest BCUT2D eigenvalue weighted by molar-refractivity contribution is -0.144. The van der Waals surface area contributed by atoms with Crippen molar-refractivity contribution < 1.29 is 14.7 Å². The van der Waals surface area contributed by atoms with Gasteiger partial charge in [-0.2, -0.15) is 23.1 Å². The van der Waals surface area contributed by atoms with E-state index in [2.05, 4.69) is 10.3 Å². The second-order valence-corrected chi connectivity index (χ2v) is 7.80. The molecule has 1 aliphatic heterocycles. The van der Waals surface area contributed by atoms with E-state index in [4.69, 9.17) is 0 Å². The molecule has 2 aromatic heterocycles. The molecule has 1 fully saturated rings. The van der Waals surface area contributed by atoms with Crippen LogP contribution in [-0.4, -0.2) is 39.0 Å². The Labute approximate surface area is 148 Å². The zero-order chi connectivity index (χ0) is 17.2. The van der Waals surface area contributed by atoms with E-state index in [0.29, 0.717) is 24.1 Å². The van der Waals surface area contributed by atoms with Crippen LogP contribution in [0, 0.1) is 6.92 Å². The summed E-state index contributed by atoms with van der Waals surface area (Å²) < 4.78 is 0. The molecule has 126 valence electrons. The maximum absolute atomic E-state index is 12.6. The summed E-state index contributed by atoms with van der Waals surface area (Å²) in [7, 11) is 0. The molecule has 24 heavy (non-hydrogen) atoms. The maximum Gasteiger partial charge on any atom is 0.329 e. The molecule has 0 saturated carbocycles. The first-order chi connectivity index (χ1) is 11.5. The van der Waals surface area contributed by atoms with Crippen molar-refractivity contribution in [3.05, 3.63) is 40.2 Å². The molecule has 0 radical (unpaired) electrons. The van der Waals surface area contributed by atoms with Crippen LogP contribution >= 0.6 is 23.1 Å². The monoisotopic (exact) mass is 362 g/mol. The Morgan fingerprint density at radius 2 is 2.00 bits per heavy atom. The van der Waals surface area contributed by atoms with Crippen LogP contribution in [-0.2, 0) is 4.79 Å². The fourth-order valence-corrected chi connectivity index (χ4v) is 4.61. The highest BCUT2D eigenvalue weighted by molar-refractivity contribution is 7.99. The minimum atomic E-state index is -1.17. The van der Waals surface area contributed by atoms with Gasteiger partial charge in [-0.3, -0.25) is 9.78 Å². The molecule has 2 N–H and O–H groups in total. The molecule has 0 aliphatic carbocycles. The number of aromatic nitrogens is 1. The first kappa shape index (κ1) is 17.0. The van der Waals surface area contributed by atoms with Gasteiger partial charge >= 0.3 is 5.97 Å². The Bertz CT molecular complexity index is 753. The summed E-state index contributed by atoms with van der Waals surface area (Å²) in [5.74, 6) is 0.143. The molecule has 1 saturated heterocycles. The highest BCUT2D eigenvalue weighted by Gasteiger charge is 2.41. The second-order valence-electron chi connectivity index (χ2n) is 5.80. The highest BCUT2D eigenvalue weighted by atomic mass is 32.2. The number of carboxylic acids is 1. The quantitative estimate of drug-likeness (QED) is 0.873. The molecule has 1 amide bonds. The highest BCUT2D eigenvalue weighted by Crippen LogP contribution is 2.28. The standard InChI is InChI=1S/C17H18N2O3S2/c1-11-13(2-3-14(18-11)12-4-7-24-10-12)15(20)19-17(16(21)22)5-8-23-9-6-17/h2-4,7,10H,5-6,8-9H2,1H3,(H,19,20)(H,21,22). The van der Waals surface area contributed by atoms with Gasteiger partial charge in [0, 0.05) is 10.9 Å². The van der Waals surface area contributed by atoms with E-state index in [1.54, 1.807) is 42.2 Å². The second kappa shape index (κ2) is 6.94. The lowest BCUT2D eigenvalue weighted by atomic mass is 9.91. The number of aryl methyl sites for hydroxylation is 1. The minimum Gasteiger partial charge on any atom is -0.480 e. The van der Waals surface area contributed by atoms with Crippen LogP contribution in [0.5, 0.6) is 0 Å². The summed E-state index contributed by atoms with van der Waals surface area (Å²) in [4.78, 5) is 28.8. The van der Waals surface area contributed by atoms with Crippen molar-refractivity contribution in [1.82, 2.24) is 10.3 Å².